The first-order valence-corrected chi connectivity index (χ1v) is 4.53. The van der Waals surface area contributed by atoms with Gasteiger partial charge in [-0.05, 0) is 18.9 Å². The monoisotopic (exact) mass is 213 g/mol. The first-order chi connectivity index (χ1) is 6.50. The van der Waals surface area contributed by atoms with Crippen LogP contribution in [0.3, 0.4) is 0 Å². The van der Waals surface area contributed by atoms with Crippen LogP contribution in [0.1, 0.15) is 6.42 Å². The second-order valence-corrected chi connectivity index (χ2v) is 3.45. The summed E-state index contributed by atoms with van der Waals surface area (Å²) in [6.07, 6.45) is -6.02. The summed E-state index contributed by atoms with van der Waals surface area (Å²) in [6.45, 7) is 1.28. The molecule has 0 bridgehead atoms. The topological polar surface area (TPSA) is 41.5 Å². The smallest absolute Gasteiger partial charge is 0.382 e. The average Bonchev–Trinajstić information content (AvgIpc) is 2.55. The highest BCUT2D eigenvalue weighted by Gasteiger charge is 2.38. The predicted molar refractivity (Wildman–Crippen MR) is 43.9 cm³/mol. The molecule has 1 saturated heterocycles. The van der Waals surface area contributed by atoms with Gasteiger partial charge in [-0.2, -0.15) is 13.2 Å². The largest absolute Gasteiger partial charge is 0.416 e. The van der Waals surface area contributed by atoms with Crippen LogP contribution in [0.2, 0.25) is 0 Å². The number of aliphatic hydroxyl groups is 1. The summed E-state index contributed by atoms with van der Waals surface area (Å²) in [5.74, 6) is 0.274. The Bertz CT molecular complexity index is 168. The molecule has 14 heavy (non-hydrogen) atoms. The van der Waals surface area contributed by atoms with Crippen molar-refractivity contribution in [1.29, 1.82) is 0 Å². The van der Waals surface area contributed by atoms with Gasteiger partial charge in [0.1, 0.15) is 0 Å². The molecule has 0 spiro atoms. The van der Waals surface area contributed by atoms with Gasteiger partial charge in [0.05, 0.1) is 13.2 Å². The fourth-order valence-electron chi connectivity index (χ4n) is 1.30. The lowest BCUT2D eigenvalue weighted by Gasteiger charge is -2.15. The SMILES string of the molecule is OC(COCC1CCNC1)C(F)(F)F. The van der Waals surface area contributed by atoms with E-state index < -0.39 is 18.9 Å². The maximum atomic E-state index is 11.8. The van der Waals surface area contributed by atoms with Crippen LogP contribution in [-0.4, -0.2) is 43.7 Å². The van der Waals surface area contributed by atoms with Crippen LogP contribution in [0.5, 0.6) is 0 Å². The molecule has 0 aromatic carbocycles. The van der Waals surface area contributed by atoms with E-state index in [1.165, 1.54) is 0 Å². The van der Waals surface area contributed by atoms with E-state index >= 15 is 0 Å². The molecule has 2 unspecified atom stereocenters. The van der Waals surface area contributed by atoms with Gasteiger partial charge in [0.2, 0.25) is 0 Å². The van der Waals surface area contributed by atoms with Crippen molar-refractivity contribution in [2.24, 2.45) is 5.92 Å². The van der Waals surface area contributed by atoms with Gasteiger partial charge in [0, 0.05) is 6.54 Å². The van der Waals surface area contributed by atoms with Crippen LogP contribution >= 0.6 is 0 Å². The van der Waals surface area contributed by atoms with Crippen LogP contribution < -0.4 is 5.32 Å². The van der Waals surface area contributed by atoms with Gasteiger partial charge in [0.15, 0.2) is 6.10 Å². The van der Waals surface area contributed by atoms with E-state index in [9.17, 15) is 13.2 Å². The normalized spacial score (nSPS) is 25.3. The van der Waals surface area contributed by atoms with Gasteiger partial charge < -0.3 is 15.2 Å². The van der Waals surface area contributed by atoms with Crippen molar-refractivity contribution in [2.45, 2.75) is 18.7 Å². The summed E-state index contributed by atoms with van der Waals surface area (Å²) in [7, 11) is 0. The van der Waals surface area contributed by atoms with Gasteiger partial charge in [-0.15, -0.1) is 0 Å². The van der Waals surface area contributed by atoms with Crippen LogP contribution in [0.15, 0.2) is 0 Å². The van der Waals surface area contributed by atoms with E-state index in [2.05, 4.69) is 5.32 Å². The zero-order valence-electron chi connectivity index (χ0n) is 7.68. The molecular weight excluding hydrogens is 199 g/mol. The Kier molecular flexibility index (Phi) is 4.15. The van der Waals surface area contributed by atoms with Gasteiger partial charge in [-0.25, -0.2) is 0 Å². The van der Waals surface area contributed by atoms with E-state index in [0.29, 0.717) is 0 Å². The number of alkyl halides is 3. The molecule has 0 aromatic rings. The van der Waals surface area contributed by atoms with Gasteiger partial charge in [0.25, 0.3) is 0 Å². The number of hydrogen-bond donors (Lipinski definition) is 2. The minimum absolute atomic E-state index is 0.274. The van der Waals surface area contributed by atoms with Crippen LogP contribution in [-0.2, 0) is 4.74 Å². The van der Waals surface area contributed by atoms with Crippen molar-refractivity contribution in [2.75, 3.05) is 26.3 Å². The maximum absolute atomic E-state index is 11.8. The summed E-state index contributed by atoms with van der Waals surface area (Å²) in [5.41, 5.74) is 0. The molecule has 0 amide bonds. The molecule has 1 aliphatic heterocycles. The Labute approximate surface area is 80.2 Å². The van der Waals surface area contributed by atoms with Gasteiger partial charge >= 0.3 is 6.18 Å². The summed E-state index contributed by atoms with van der Waals surface area (Å²) in [6, 6.07) is 0. The molecule has 2 atom stereocenters. The van der Waals surface area contributed by atoms with Crippen molar-refractivity contribution in [3.05, 3.63) is 0 Å². The summed E-state index contributed by atoms with van der Waals surface area (Å²) in [5, 5.41) is 11.7. The summed E-state index contributed by atoms with van der Waals surface area (Å²) >= 11 is 0. The Morgan fingerprint density at radius 1 is 1.50 bits per heavy atom. The van der Waals surface area contributed by atoms with E-state index in [0.717, 1.165) is 19.5 Å². The standard InChI is InChI=1S/C8H14F3NO2/c9-8(10,11)7(13)5-14-4-6-1-2-12-3-6/h6-7,12-13H,1-5H2. The second kappa shape index (κ2) is 4.95. The third kappa shape index (κ3) is 3.81. The zero-order valence-corrected chi connectivity index (χ0v) is 7.68. The molecule has 0 radical (unpaired) electrons. The third-order valence-corrected chi connectivity index (χ3v) is 2.17. The minimum atomic E-state index is -4.58. The van der Waals surface area contributed by atoms with Crippen molar-refractivity contribution in [3.63, 3.8) is 0 Å². The minimum Gasteiger partial charge on any atom is -0.382 e. The van der Waals surface area contributed by atoms with E-state index in [-0.39, 0.29) is 12.5 Å². The molecule has 0 aliphatic carbocycles. The van der Waals surface area contributed by atoms with Crippen molar-refractivity contribution < 1.29 is 23.0 Å². The Hall–Kier alpha value is -0.330. The third-order valence-electron chi connectivity index (χ3n) is 2.17. The van der Waals surface area contributed by atoms with Crippen molar-refractivity contribution in [3.8, 4) is 0 Å². The molecule has 1 aliphatic rings. The van der Waals surface area contributed by atoms with Gasteiger partial charge in [-0.1, -0.05) is 0 Å². The van der Waals surface area contributed by atoms with Crippen LogP contribution in [0.25, 0.3) is 0 Å². The molecule has 1 rings (SSSR count). The molecule has 0 aromatic heterocycles. The Balaban J connectivity index is 2.08. The summed E-state index contributed by atoms with van der Waals surface area (Å²) in [4.78, 5) is 0. The highest BCUT2D eigenvalue weighted by Crippen LogP contribution is 2.20. The molecule has 0 saturated carbocycles. The predicted octanol–water partition coefficient (Wildman–Crippen LogP) is 0.536. The maximum Gasteiger partial charge on any atom is 0.416 e. The number of ether oxygens (including phenoxy) is 1. The molecular formula is C8H14F3NO2. The highest BCUT2D eigenvalue weighted by atomic mass is 19.4. The lowest BCUT2D eigenvalue weighted by molar-refractivity contribution is -0.218. The fraction of sp³-hybridized carbons (Fsp3) is 1.00. The molecule has 2 N–H and O–H groups in total. The number of rotatable bonds is 4. The molecule has 1 heterocycles. The zero-order chi connectivity index (χ0) is 10.6. The lowest BCUT2D eigenvalue weighted by atomic mass is 10.1. The fourth-order valence-corrected chi connectivity index (χ4v) is 1.30. The first kappa shape index (κ1) is 11.7. The van der Waals surface area contributed by atoms with Crippen LogP contribution in [0, 0.1) is 5.92 Å². The van der Waals surface area contributed by atoms with E-state index in [1.54, 1.807) is 0 Å². The van der Waals surface area contributed by atoms with E-state index in [1.807, 2.05) is 0 Å². The quantitative estimate of drug-likeness (QED) is 0.716. The average molecular weight is 213 g/mol. The number of nitrogens with one attached hydrogen (secondary N) is 1. The Morgan fingerprint density at radius 2 is 2.21 bits per heavy atom. The van der Waals surface area contributed by atoms with Crippen LogP contribution in [0.4, 0.5) is 13.2 Å². The second-order valence-electron chi connectivity index (χ2n) is 3.45. The first-order valence-electron chi connectivity index (χ1n) is 4.53. The summed E-state index contributed by atoms with van der Waals surface area (Å²) < 4.78 is 40.2. The van der Waals surface area contributed by atoms with Crippen molar-refractivity contribution in [1.82, 2.24) is 5.32 Å². The molecule has 3 nitrogen and oxygen atoms in total. The number of hydrogen-bond acceptors (Lipinski definition) is 3. The molecule has 1 fully saturated rings. The van der Waals surface area contributed by atoms with Crippen molar-refractivity contribution >= 4 is 0 Å². The van der Waals surface area contributed by atoms with E-state index in [4.69, 9.17) is 9.84 Å². The van der Waals surface area contributed by atoms with Gasteiger partial charge in [-0.3, -0.25) is 0 Å². The number of aliphatic hydroxyl groups excluding tert-OH is 1. The highest BCUT2D eigenvalue weighted by molar-refractivity contribution is 4.71. The Morgan fingerprint density at radius 3 is 2.71 bits per heavy atom. The lowest BCUT2D eigenvalue weighted by Crippen LogP contribution is -2.33. The number of halogens is 3. The molecule has 84 valence electrons. The molecule has 6 heteroatoms.